The van der Waals surface area contributed by atoms with Crippen molar-refractivity contribution in [2.24, 2.45) is 12.0 Å². The van der Waals surface area contributed by atoms with E-state index in [0.717, 1.165) is 31.4 Å². The van der Waals surface area contributed by atoms with Crippen LogP contribution in [-0.4, -0.2) is 28.0 Å². The van der Waals surface area contributed by atoms with E-state index in [2.05, 4.69) is 11.9 Å². The second kappa shape index (κ2) is 7.37. The Kier molecular flexibility index (Phi) is 5.12. The molecule has 2 aromatic rings. The van der Waals surface area contributed by atoms with Gasteiger partial charge in [0.15, 0.2) is 5.49 Å². The highest BCUT2D eigenvalue weighted by atomic mass is 19.4. The standard InChI is InChI=1S/C21H23F4N3O2/c1-20(7-8-20)17-11-18(28(27(17)2)12-14-4-3-9-30-14)26-19(29)15-10-13(21(23,24)25)5-6-16(15)22/h5-6,10-11,14H,3-4,7-9,12H2,1-2H3. The second-order valence-corrected chi connectivity index (χ2v) is 8.30. The molecule has 2 fully saturated rings. The van der Waals surface area contributed by atoms with E-state index in [1.54, 1.807) is 10.7 Å². The summed E-state index contributed by atoms with van der Waals surface area (Å²) in [5.41, 5.74) is -0.536. The van der Waals surface area contributed by atoms with Crippen LogP contribution in [0.5, 0.6) is 0 Å². The fraction of sp³-hybridized carbons (Fsp3) is 0.524. The molecule has 1 atom stereocenters. The average Bonchev–Trinajstić information content (AvgIpc) is 3.09. The van der Waals surface area contributed by atoms with Crippen LogP contribution in [0.3, 0.4) is 0 Å². The molecule has 0 N–H and O–H groups in total. The summed E-state index contributed by atoms with van der Waals surface area (Å²) in [5, 5.41) is 0. The number of aromatic nitrogens is 2. The molecule has 0 spiro atoms. The normalized spacial score (nSPS) is 21.3. The van der Waals surface area contributed by atoms with Gasteiger partial charge in [-0.2, -0.15) is 18.2 Å². The number of benzene rings is 1. The van der Waals surface area contributed by atoms with Gasteiger partial charge in [0, 0.05) is 30.8 Å². The zero-order valence-electron chi connectivity index (χ0n) is 16.8. The van der Waals surface area contributed by atoms with E-state index in [9.17, 15) is 22.4 Å². The molecule has 1 saturated carbocycles. The summed E-state index contributed by atoms with van der Waals surface area (Å²) in [6.07, 6.45) is -0.886. The molecule has 2 aliphatic rings. The van der Waals surface area contributed by atoms with Crippen LogP contribution in [0.25, 0.3) is 0 Å². The fourth-order valence-corrected chi connectivity index (χ4v) is 3.90. The van der Waals surface area contributed by atoms with Gasteiger partial charge in [-0.05, 0) is 43.9 Å². The van der Waals surface area contributed by atoms with Crippen molar-refractivity contribution in [1.82, 2.24) is 9.36 Å². The molecule has 0 radical (unpaired) electrons. The quantitative estimate of drug-likeness (QED) is 0.697. The lowest BCUT2D eigenvalue weighted by molar-refractivity contribution is -0.137. The van der Waals surface area contributed by atoms with E-state index < -0.39 is 29.0 Å². The third kappa shape index (κ3) is 3.95. The number of carbonyl (C=O) groups is 1. The van der Waals surface area contributed by atoms with Gasteiger partial charge in [0.1, 0.15) is 5.82 Å². The highest BCUT2D eigenvalue weighted by molar-refractivity contribution is 5.95. The number of alkyl halides is 3. The van der Waals surface area contributed by atoms with Gasteiger partial charge in [0.2, 0.25) is 0 Å². The Morgan fingerprint density at radius 2 is 2.03 bits per heavy atom. The summed E-state index contributed by atoms with van der Waals surface area (Å²) < 4.78 is 62.5. The SMILES string of the molecule is Cn1c(C2(C)CC2)cc(=NC(=O)c2cc(C(F)(F)F)ccc2F)n1CC1CCCO1. The first-order valence-electron chi connectivity index (χ1n) is 9.93. The molecule has 1 aromatic heterocycles. The van der Waals surface area contributed by atoms with Gasteiger partial charge >= 0.3 is 6.18 Å². The number of rotatable bonds is 4. The molecule has 1 aliphatic heterocycles. The number of ether oxygens (including phenoxy) is 1. The highest BCUT2D eigenvalue weighted by Crippen LogP contribution is 2.47. The summed E-state index contributed by atoms with van der Waals surface area (Å²) in [5.74, 6) is -2.08. The Bertz CT molecular complexity index is 1040. The van der Waals surface area contributed by atoms with E-state index in [1.807, 2.05) is 11.7 Å². The monoisotopic (exact) mass is 425 g/mol. The van der Waals surface area contributed by atoms with E-state index >= 15 is 0 Å². The third-order valence-electron chi connectivity index (χ3n) is 6.00. The highest BCUT2D eigenvalue weighted by Gasteiger charge is 2.42. The maximum atomic E-state index is 14.1. The van der Waals surface area contributed by atoms with E-state index in [4.69, 9.17) is 4.74 Å². The number of carbonyl (C=O) groups excluding carboxylic acids is 1. The van der Waals surface area contributed by atoms with E-state index in [1.165, 1.54) is 0 Å². The van der Waals surface area contributed by atoms with Crippen LogP contribution in [0, 0.1) is 5.82 Å². The van der Waals surface area contributed by atoms with E-state index in [0.29, 0.717) is 31.4 Å². The van der Waals surface area contributed by atoms with Crippen molar-refractivity contribution >= 4 is 5.91 Å². The van der Waals surface area contributed by atoms with Gasteiger partial charge in [0.05, 0.1) is 23.8 Å². The predicted octanol–water partition coefficient (Wildman–Crippen LogP) is 3.96. The molecule has 0 bridgehead atoms. The number of amides is 1. The summed E-state index contributed by atoms with van der Waals surface area (Å²) in [7, 11) is 1.86. The van der Waals surface area contributed by atoms with Crippen LogP contribution in [0.4, 0.5) is 17.6 Å². The van der Waals surface area contributed by atoms with Crippen molar-refractivity contribution in [1.29, 1.82) is 0 Å². The third-order valence-corrected chi connectivity index (χ3v) is 6.00. The summed E-state index contributed by atoms with van der Waals surface area (Å²) in [6, 6.07) is 3.54. The molecular formula is C21H23F4N3O2. The predicted molar refractivity (Wildman–Crippen MR) is 100 cm³/mol. The number of hydrogen-bond acceptors (Lipinski definition) is 2. The molecule has 2 heterocycles. The van der Waals surface area contributed by atoms with Gasteiger partial charge in [0.25, 0.3) is 5.91 Å². The van der Waals surface area contributed by atoms with Gasteiger partial charge in [-0.15, -0.1) is 0 Å². The summed E-state index contributed by atoms with van der Waals surface area (Å²) in [6.45, 7) is 3.24. The molecule has 1 amide bonds. The van der Waals surface area contributed by atoms with Gasteiger partial charge in [-0.1, -0.05) is 6.92 Å². The maximum Gasteiger partial charge on any atom is 0.416 e. The van der Waals surface area contributed by atoms with Gasteiger partial charge in [-0.25, -0.2) is 4.39 Å². The molecular weight excluding hydrogens is 402 g/mol. The largest absolute Gasteiger partial charge is 0.416 e. The zero-order valence-corrected chi connectivity index (χ0v) is 16.8. The lowest BCUT2D eigenvalue weighted by Gasteiger charge is -2.17. The number of halogens is 4. The molecule has 162 valence electrons. The summed E-state index contributed by atoms with van der Waals surface area (Å²) >= 11 is 0. The molecule has 1 saturated heterocycles. The minimum Gasteiger partial charge on any atom is -0.376 e. The van der Waals surface area contributed by atoms with E-state index in [-0.39, 0.29) is 17.0 Å². The van der Waals surface area contributed by atoms with Gasteiger partial charge < -0.3 is 4.74 Å². The molecule has 30 heavy (non-hydrogen) atoms. The zero-order chi connectivity index (χ0) is 21.7. The Morgan fingerprint density at radius 3 is 2.63 bits per heavy atom. The van der Waals surface area contributed by atoms with Crippen molar-refractivity contribution in [3.8, 4) is 0 Å². The maximum absolute atomic E-state index is 14.1. The van der Waals surface area contributed by atoms with Crippen LogP contribution in [0.1, 0.15) is 54.2 Å². The fourth-order valence-electron chi connectivity index (χ4n) is 3.90. The van der Waals surface area contributed by atoms with Crippen LogP contribution in [-0.2, 0) is 29.9 Å². The Labute approximate surface area is 171 Å². The first-order chi connectivity index (χ1) is 14.1. The molecule has 9 heteroatoms. The first kappa shape index (κ1) is 20.8. The Hall–Kier alpha value is -2.42. The van der Waals surface area contributed by atoms with Crippen LogP contribution < -0.4 is 5.49 Å². The van der Waals surface area contributed by atoms with Crippen LogP contribution in [0.15, 0.2) is 29.3 Å². The van der Waals surface area contributed by atoms with Crippen molar-refractivity contribution in [2.75, 3.05) is 6.61 Å². The number of hydrogen-bond donors (Lipinski definition) is 0. The summed E-state index contributed by atoms with van der Waals surface area (Å²) in [4.78, 5) is 16.7. The molecule has 4 rings (SSSR count). The minimum absolute atomic E-state index is 0.0225. The van der Waals surface area contributed by atoms with Crippen molar-refractivity contribution in [3.05, 3.63) is 52.4 Å². The molecule has 5 nitrogen and oxygen atoms in total. The average molecular weight is 425 g/mol. The Morgan fingerprint density at radius 1 is 1.30 bits per heavy atom. The first-order valence-corrected chi connectivity index (χ1v) is 9.93. The lowest BCUT2D eigenvalue weighted by atomic mass is 10.1. The number of nitrogens with zero attached hydrogens (tertiary/aromatic N) is 3. The van der Waals surface area contributed by atoms with Crippen LogP contribution >= 0.6 is 0 Å². The molecule has 1 unspecified atom stereocenters. The Balaban J connectivity index is 1.76. The second-order valence-electron chi connectivity index (χ2n) is 8.30. The van der Waals surface area contributed by atoms with Gasteiger partial charge in [-0.3, -0.25) is 14.2 Å². The minimum atomic E-state index is -4.68. The van der Waals surface area contributed by atoms with Crippen molar-refractivity contribution in [3.63, 3.8) is 0 Å². The topological polar surface area (TPSA) is 48.5 Å². The molecule has 1 aliphatic carbocycles. The lowest BCUT2D eigenvalue weighted by Crippen LogP contribution is -2.30. The molecule has 1 aromatic carbocycles. The van der Waals surface area contributed by atoms with Crippen molar-refractivity contribution in [2.45, 2.75) is 56.8 Å². The smallest absolute Gasteiger partial charge is 0.376 e. The van der Waals surface area contributed by atoms with Crippen molar-refractivity contribution < 1.29 is 27.1 Å². The van der Waals surface area contributed by atoms with Crippen LogP contribution in [0.2, 0.25) is 0 Å².